The lowest BCUT2D eigenvalue weighted by Gasteiger charge is -2.31. The molecule has 2 aromatic rings. The molecular formula is C18H25N3O3S2. The van der Waals surface area contributed by atoms with Crippen molar-refractivity contribution >= 4 is 27.1 Å². The standard InChI is InChI=1S/C18H25N3O3S2/c1-13(2)12-26(23,24)15-6-10-20(11-7-15)17(22)16-14(3)19-18(25-16)21-8-4-5-9-21/h4-5,8-9,13,15H,6-7,10-12H2,1-3H3. The van der Waals surface area contributed by atoms with Crippen LogP contribution in [0.4, 0.5) is 0 Å². The molecule has 3 heterocycles. The Balaban J connectivity index is 1.68. The van der Waals surface area contributed by atoms with E-state index in [2.05, 4.69) is 4.98 Å². The van der Waals surface area contributed by atoms with E-state index in [1.807, 2.05) is 49.9 Å². The van der Waals surface area contributed by atoms with E-state index in [9.17, 15) is 13.2 Å². The Morgan fingerprint density at radius 2 is 1.88 bits per heavy atom. The van der Waals surface area contributed by atoms with Gasteiger partial charge >= 0.3 is 0 Å². The molecule has 1 aliphatic rings. The highest BCUT2D eigenvalue weighted by Gasteiger charge is 2.33. The van der Waals surface area contributed by atoms with Crippen LogP contribution in [0.3, 0.4) is 0 Å². The van der Waals surface area contributed by atoms with E-state index in [1.165, 1.54) is 11.3 Å². The Morgan fingerprint density at radius 3 is 2.46 bits per heavy atom. The van der Waals surface area contributed by atoms with Crippen LogP contribution in [-0.2, 0) is 9.84 Å². The van der Waals surface area contributed by atoms with Gasteiger partial charge in [-0.1, -0.05) is 25.2 Å². The molecule has 26 heavy (non-hydrogen) atoms. The predicted molar refractivity (Wildman–Crippen MR) is 104 cm³/mol. The Labute approximate surface area is 158 Å². The molecule has 8 heteroatoms. The number of aromatic nitrogens is 2. The van der Waals surface area contributed by atoms with Crippen molar-refractivity contribution in [1.29, 1.82) is 0 Å². The number of aryl methyl sites for hydroxylation is 1. The maximum absolute atomic E-state index is 12.9. The zero-order chi connectivity index (χ0) is 18.9. The molecule has 0 spiro atoms. The van der Waals surface area contributed by atoms with Gasteiger partial charge in [0.1, 0.15) is 4.88 Å². The number of nitrogens with zero attached hydrogens (tertiary/aromatic N) is 3. The number of amides is 1. The van der Waals surface area contributed by atoms with E-state index < -0.39 is 9.84 Å². The summed E-state index contributed by atoms with van der Waals surface area (Å²) in [6, 6.07) is 3.83. The SMILES string of the molecule is Cc1nc(-n2cccc2)sc1C(=O)N1CCC(S(=O)(=O)CC(C)C)CC1. The van der Waals surface area contributed by atoms with Gasteiger partial charge in [-0.25, -0.2) is 13.4 Å². The molecule has 0 saturated carbocycles. The van der Waals surface area contributed by atoms with Crippen molar-refractivity contribution in [3.63, 3.8) is 0 Å². The number of hydrogen-bond donors (Lipinski definition) is 0. The van der Waals surface area contributed by atoms with Crippen molar-refractivity contribution in [3.05, 3.63) is 35.1 Å². The van der Waals surface area contributed by atoms with Crippen LogP contribution < -0.4 is 0 Å². The molecule has 6 nitrogen and oxygen atoms in total. The molecule has 0 radical (unpaired) electrons. The number of hydrogen-bond acceptors (Lipinski definition) is 5. The first-order valence-electron chi connectivity index (χ1n) is 8.89. The number of carbonyl (C=O) groups is 1. The third-order valence-corrected chi connectivity index (χ3v) is 8.38. The molecule has 2 aromatic heterocycles. The molecule has 3 rings (SSSR count). The summed E-state index contributed by atoms with van der Waals surface area (Å²) in [5, 5.41) is 0.442. The monoisotopic (exact) mass is 395 g/mol. The van der Waals surface area contributed by atoms with Gasteiger partial charge in [0.05, 0.1) is 16.7 Å². The largest absolute Gasteiger partial charge is 0.338 e. The average molecular weight is 396 g/mol. The van der Waals surface area contributed by atoms with Gasteiger partial charge in [-0.2, -0.15) is 0 Å². The van der Waals surface area contributed by atoms with E-state index in [-0.39, 0.29) is 22.8 Å². The first kappa shape index (κ1) is 19.1. The molecule has 0 unspecified atom stereocenters. The maximum Gasteiger partial charge on any atom is 0.265 e. The first-order chi connectivity index (χ1) is 12.3. The molecule has 1 fully saturated rings. The minimum absolute atomic E-state index is 0.0434. The molecule has 1 amide bonds. The Hall–Kier alpha value is -1.67. The van der Waals surface area contributed by atoms with Gasteiger partial charge in [0, 0.05) is 25.5 Å². The van der Waals surface area contributed by atoms with E-state index in [0.717, 1.165) is 10.8 Å². The zero-order valence-electron chi connectivity index (χ0n) is 15.4. The Kier molecular flexibility index (Phi) is 5.53. The van der Waals surface area contributed by atoms with Crippen LogP contribution in [0.15, 0.2) is 24.5 Å². The number of thiazole rings is 1. The summed E-state index contributed by atoms with van der Waals surface area (Å²) in [5.74, 6) is 0.310. The average Bonchev–Trinajstić information content (AvgIpc) is 3.22. The lowest BCUT2D eigenvalue weighted by Crippen LogP contribution is -2.43. The second kappa shape index (κ2) is 7.52. The van der Waals surface area contributed by atoms with Crippen LogP contribution in [0.1, 0.15) is 42.1 Å². The van der Waals surface area contributed by atoms with Crippen molar-refractivity contribution < 1.29 is 13.2 Å². The summed E-state index contributed by atoms with van der Waals surface area (Å²) in [7, 11) is -3.08. The number of sulfone groups is 1. The van der Waals surface area contributed by atoms with Crippen molar-refractivity contribution in [2.24, 2.45) is 5.92 Å². The number of likely N-dealkylation sites (tertiary alicyclic amines) is 1. The summed E-state index contributed by atoms with van der Waals surface area (Å²) >= 11 is 1.38. The molecule has 0 atom stereocenters. The van der Waals surface area contributed by atoms with Gasteiger partial charge in [0.15, 0.2) is 15.0 Å². The number of rotatable bonds is 5. The van der Waals surface area contributed by atoms with Gasteiger partial charge in [-0.15, -0.1) is 0 Å². The molecule has 0 N–H and O–H groups in total. The summed E-state index contributed by atoms with van der Waals surface area (Å²) in [4.78, 5) is 19.8. The highest BCUT2D eigenvalue weighted by atomic mass is 32.2. The summed E-state index contributed by atoms with van der Waals surface area (Å²) in [6.07, 6.45) is 4.83. The highest BCUT2D eigenvalue weighted by molar-refractivity contribution is 7.92. The topological polar surface area (TPSA) is 72.3 Å². The molecule has 1 aliphatic heterocycles. The summed E-state index contributed by atoms with van der Waals surface area (Å²) < 4.78 is 26.7. The van der Waals surface area contributed by atoms with E-state index >= 15 is 0 Å². The predicted octanol–water partition coefficient (Wildman–Crippen LogP) is 2.92. The lowest BCUT2D eigenvalue weighted by atomic mass is 10.1. The lowest BCUT2D eigenvalue weighted by molar-refractivity contribution is 0.0729. The molecule has 0 bridgehead atoms. The van der Waals surface area contributed by atoms with Gasteiger partial charge in [0.2, 0.25) is 0 Å². The van der Waals surface area contributed by atoms with E-state index in [0.29, 0.717) is 30.8 Å². The minimum atomic E-state index is -3.08. The van der Waals surface area contributed by atoms with Crippen LogP contribution in [0, 0.1) is 12.8 Å². The van der Waals surface area contributed by atoms with Gasteiger partial charge in [-0.05, 0) is 37.8 Å². The second-order valence-corrected chi connectivity index (χ2v) is 10.5. The third-order valence-electron chi connectivity index (χ3n) is 4.61. The number of carbonyl (C=O) groups excluding carboxylic acids is 1. The van der Waals surface area contributed by atoms with Crippen LogP contribution in [0.2, 0.25) is 0 Å². The van der Waals surface area contributed by atoms with Gasteiger partial charge in [-0.3, -0.25) is 4.79 Å². The normalized spacial score (nSPS) is 16.4. The van der Waals surface area contributed by atoms with Gasteiger partial charge in [0.25, 0.3) is 5.91 Å². The highest BCUT2D eigenvalue weighted by Crippen LogP contribution is 2.26. The van der Waals surface area contributed by atoms with Crippen molar-refractivity contribution in [1.82, 2.24) is 14.5 Å². The fourth-order valence-electron chi connectivity index (χ4n) is 3.32. The van der Waals surface area contributed by atoms with Crippen LogP contribution >= 0.6 is 11.3 Å². The Bertz CT molecular complexity index is 862. The smallest absolute Gasteiger partial charge is 0.265 e. The van der Waals surface area contributed by atoms with Crippen LogP contribution in [0.5, 0.6) is 0 Å². The van der Waals surface area contributed by atoms with Crippen LogP contribution in [0.25, 0.3) is 5.13 Å². The van der Waals surface area contributed by atoms with Crippen molar-refractivity contribution in [2.75, 3.05) is 18.8 Å². The fourth-order valence-corrected chi connectivity index (χ4v) is 6.45. The maximum atomic E-state index is 12.9. The quantitative estimate of drug-likeness (QED) is 0.780. The molecule has 142 valence electrons. The van der Waals surface area contributed by atoms with Crippen molar-refractivity contribution in [2.45, 2.75) is 38.9 Å². The first-order valence-corrected chi connectivity index (χ1v) is 11.4. The molecule has 0 aromatic carbocycles. The zero-order valence-corrected chi connectivity index (χ0v) is 17.0. The van der Waals surface area contributed by atoms with E-state index in [4.69, 9.17) is 0 Å². The van der Waals surface area contributed by atoms with E-state index in [1.54, 1.807) is 4.90 Å². The van der Waals surface area contributed by atoms with Crippen LogP contribution in [-0.4, -0.2) is 52.9 Å². The van der Waals surface area contributed by atoms with Crippen molar-refractivity contribution in [3.8, 4) is 5.13 Å². The molecule has 0 aliphatic carbocycles. The second-order valence-electron chi connectivity index (χ2n) is 7.22. The molecular weight excluding hydrogens is 370 g/mol. The number of piperidine rings is 1. The van der Waals surface area contributed by atoms with Gasteiger partial charge < -0.3 is 9.47 Å². The third kappa shape index (κ3) is 4.01. The summed E-state index contributed by atoms with van der Waals surface area (Å²) in [5.41, 5.74) is 0.721. The molecule has 1 saturated heterocycles. The fraction of sp³-hybridized carbons (Fsp3) is 0.556. The summed E-state index contributed by atoms with van der Waals surface area (Å²) in [6.45, 7) is 6.65. The Morgan fingerprint density at radius 1 is 1.27 bits per heavy atom. The minimum Gasteiger partial charge on any atom is -0.338 e.